The maximum atomic E-state index is 13.7. The molecule has 2 aromatic heterocycles. The zero-order valence-corrected chi connectivity index (χ0v) is 24.4. The average Bonchev–Trinajstić information content (AvgIpc) is 3.30. The molecule has 3 N–H and O–H groups in total. The number of hydrogen-bond donors (Lipinski definition) is 2. The summed E-state index contributed by atoms with van der Waals surface area (Å²) in [6.07, 6.45) is 1.06. The van der Waals surface area contributed by atoms with Crippen molar-refractivity contribution in [2.45, 2.75) is 56.5 Å². The predicted molar refractivity (Wildman–Crippen MR) is 152 cm³/mol. The highest BCUT2D eigenvalue weighted by Crippen LogP contribution is 2.36. The van der Waals surface area contributed by atoms with Gasteiger partial charge in [-0.3, -0.25) is 14.5 Å². The van der Waals surface area contributed by atoms with Crippen molar-refractivity contribution in [3.63, 3.8) is 0 Å². The van der Waals surface area contributed by atoms with Gasteiger partial charge >= 0.3 is 0 Å². The van der Waals surface area contributed by atoms with Crippen molar-refractivity contribution in [1.82, 2.24) is 24.7 Å². The van der Waals surface area contributed by atoms with E-state index in [9.17, 15) is 18.0 Å². The average molecular weight is 570 g/mol. The van der Waals surface area contributed by atoms with Gasteiger partial charge in [-0.1, -0.05) is 6.07 Å². The Balaban J connectivity index is 1.53. The van der Waals surface area contributed by atoms with Gasteiger partial charge in [0.05, 0.1) is 15.8 Å². The summed E-state index contributed by atoms with van der Waals surface area (Å²) in [5.41, 5.74) is 8.39. The van der Waals surface area contributed by atoms with Crippen molar-refractivity contribution < 1.29 is 13.2 Å². The molecule has 1 atom stereocenters. The lowest BCUT2D eigenvalue weighted by molar-refractivity contribution is -0.120. The second-order valence-electron chi connectivity index (χ2n) is 10.7. The summed E-state index contributed by atoms with van der Waals surface area (Å²) < 4.78 is 31.0. The van der Waals surface area contributed by atoms with Crippen LogP contribution in [0, 0.1) is 20.8 Å². The molecule has 0 radical (unpaired) electrons. The van der Waals surface area contributed by atoms with Crippen molar-refractivity contribution in [2.24, 2.45) is 5.73 Å². The number of H-pyrrole nitrogens is 1. The zero-order chi connectivity index (χ0) is 28.3. The van der Waals surface area contributed by atoms with Gasteiger partial charge in [-0.2, -0.15) is 4.98 Å². The van der Waals surface area contributed by atoms with Crippen LogP contribution in [0.1, 0.15) is 37.0 Å². The lowest BCUT2D eigenvalue weighted by Gasteiger charge is -2.44. The molecule has 39 heavy (non-hydrogen) atoms. The molecule has 0 spiro atoms. The normalized spacial score (nSPS) is 16.0. The molecule has 1 fully saturated rings. The van der Waals surface area contributed by atoms with Gasteiger partial charge in [0.25, 0.3) is 5.56 Å². The second-order valence-corrected chi connectivity index (χ2v) is 13.7. The molecule has 4 aromatic rings. The third-order valence-corrected chi connectivity index (χ3v) is 10.7. The van der Waals surface area contributed by atoms with Crippen LogP contribution in [0.2, 0.25) is 0 Å². The van der Waals surface area contributed by atoms with Gasteiger partial charge in [-0.05, 0) is 84.3 Å². The lowest BCUT2D eigenvalue weighted by atomic mass is 9.98. The minimum Gasteiger partial charge on any atom is -0.370 e. The molecule has 0 bridgehead atoms. The van der Waals surface area contributed by atoms with Crippen LogP contribution in [0.25, 0.3) is 16.6 Å². The fourth-order valence-corrected chi connectivity index (χ4v) is 8.17. The van der Waals surface area contributed by atoms with Crippen LogP contribution in [0.5, 0.6) is 0 Å². The number of nitrogens with zero attached hydrogens (tertiary/aromatic N) is 5. The van der Waals surface area contributed by atoms with Crippen molar-refractivity contribution in [1.29, 1.82) is 0 Å². The molecule has 11 nitrogen and oxygen atoms in total. The van der Waals surface area contributed by atoms with E-state index in [0.29, 0.717) is 25.2 Å². The van der Waals surface area contributed by atoms with Crippen molar-refractivity contribution >= 4 is 46.7 Å². The van der Waals surface area contributed by atoms with E-state index in [2.05, 4.69) is 24.9 Å². The second kappa shape index (κ2) is 9.69. The number of amides is 1. The van der Waals surface area contributed by atoms with E-state index in [1.165, 1.54) is 4.52 Å². The number of aromatic amines is 1. The fraction of sp³-hybridized carbons (Fsp3) is 0.385. The standard InChI is InChI=1S/C26H32N7O4PS/c1-15-10-17(3)21(11-16(15)2)39(36,37)25-23-28-24(35)19-7-6-18(12-20(19)33(23)30-29-25)32-9-8-31(14-38-32)26(4,5)13-22(27)34/h6-7,10-12,30,38H,8-9,13-14H2,1-5H3,(H2,27,34). The highest BCUT2D eigenvalue weighted by molar-refractivity contribution is 7.91. The first kappa shape index (κ1) is 27.2. The van der Waals surface area contributed by atoms with Gasteiger partial charge in [-0.15, -0.1) is 5.10 Å². The van der Waals surface area contributed by atoms with E-state index >= 15 is 0 Å². The number of aryl methyl sites for hydroxylation is 3. The molecule has 206 valence electrons. The Kier molecular flexibility index (Phi) is 6.77. The van der Waals surface area contributed by atoms with E-state index in [0.717, 1.165) is 36.2 Å². The smallest absolute Gasteiger partial charge is 0.281 e. The number of nitrogens with one attached hydrogen (secondary N) is 1. The Hall–Kier alpha value is -3.34. The molecule has 3 heterocycles. The third kappa shape index (κ3) is 4.81. The summed E-state index contributed by atoms with van der Waals surface area (Å²) in [7, 11) is -3.63. The van der Waals surface area contributed by atoms with Crippen molar-refractivity contribution in [2.75, 3.05) is 24.0 Å². The maximum Gasteiger partial charge on any atom is 0.281 e. The fourth-order valence-electron chi connectivity index (χ4n) is 5.10. The molecule has 0 saturated carbocycles. The largest absolute Gasteiger partial charge is 0.370 e. The molecule has 0 aliphatic carbocycles. The van der Waals surface area contributed by atoms with E-state index in [1.54, 1.807) is 19.1 Å². The molecule has 13 heteroatoms. The van der Waals surface area contributed by atoms with Crippen molar-refractivity contribution in [3.8, 4) is 0 Å². The Bertz CT molecular complexity index is 1790. The summed E-state index contributed by atoms with van der Waals surface area (Å²) in [6, 6.07) is 8.91. The number of sulfone groups is 1. The van der Waals surface area contributed by atoms with Crippen LogP contribution in [0.4, 0.5) is 5.69 Å². The van der Waals surface area contributed by atoms with Gasteiger partial charge in [0.15, 0.2) is 5.65 Å². The quantitative estimate of drug-likeness (QED) is 0.337. The first-order valence-electron chi connectivity index (χ1n) is 12.6. The van der Waals surface area contributed by atoms with Crippen LogP contribution in [-0.4, -0.2) is 64.0 Å². The number of nitrogens with two attached hydrogens (primary N) is 1. The molecule has 2 aromatic carbocycles. The van der Waals surface area contributed by atoms with Crippen LogP contribution < -0.4 is 16.0 Å². The Labute approximate surface area is 228 Å². The summed E-state index contributed by atoms with van der Waals surface area (Å²) in [5, 5.41) is 6.97. The number of carbonyl (C=O) groups excluding carboxylic acids is 1. The predicted octanol–water partition coefficient (Wildman–Crippen LogP) is 2.66. The van der Waals surface area contributed by atoms with Crippen molar-refractivity contribution in [3.05, 3.63) is 57.4 Å². The van der Waals surface area contributed by atoms with Crippen LogP contribution in [0.3, 0.4) is 0 Å². The Morgan fingerprint density at radius 2 is 1.82 bits per heavy atom. The SMILES string of the molecule is Cc1cc(C)c(S(=O)(=O)c2n[nH]n3c2nc(=O)c2ccc(N4CCN(C(C)(C)CC(N)=O)CP4)cc23)cc1C. The molecule has 1 aliphatic heterocycles. The van der Waals surface area contributed by atoms with E-state index in [4.69, 9.17) is 5.73 Å². The monoisotopic (exact) mass is 569 g/mol. The summed E-state index contributed by atoms with van der Waals surface area (Å²) >= 11 is 0. The highest BCUT2D eigenvalue weighted by atomic mass is 32.2. The number of carbonyl (C=O) groups is 1. The number of fused-ring (bicyclic) bond motifs is 3. The number of primary amides is 1. The van der Waals surface area contributed by atoms with E-state index in [1.807, 2.05) is 45.9 Å². The molecular formula is C26H32N7O4PS. The maximum absolute atomic E-state index is 13.7. The van der Waals surface area contributed by atoms with Gasteiger partial charge in [0, 0.05) is 37.0 Å². The van der Waals surface area contributed by atoms with Crippen LogP contribution >= 0.6 is 8.73 Å². The van der Waals surface area contributed by atoms with E-state index in [-0.39, 0.29) is 33.4 Å². The first-order valence-corrected chi connectivity index (χ1v) is 15.2. The summed E-state index contributed by atoms with van der Waals surface area (Å²) in [6.45, 7) is 11.0. The topological polar surface area (TPSA) is 147 Å². The van der Waals surface area contributed by atoms with Gasteiger partial charge in [0.1, 0.15) is 0 Å². The number of benzene rings is 2. The molecule has 1 aliphatic rings. The van der Waals surface area contributed by atoms with E-state index < -0.39 is 15.4 Å². The Morgan fingerprint density at radius 1 is 1.10 bits per heavy atom. The molecule has 1 unspecified atom stereocenters. The van der Waals surface area contributed by atoms with Gasteiger partial charge in [-0.25, -0.2) is 18.1 Å². The number of hydrogen-bond acceptors (Lipinski definition) is 8. The first-order chi connectivity index (χ1) is 18.3. The Morgan fingerprint density at radius 3 is 2.49 bits per heavy atom. The minimum atomic E-state index is -4.05. The molecule has 1 amide bonds. The lowest BCUT2D eigenvalue weighted by Crippen LogP contribution is -2.51. The van der Waals surface area contributed by atoms with Gasteiger partial charge < -0.3 is 10.4 Å². The minimum absolute atomic E-state index is 0.0391. The van der Waals surface area contributed by atoms with Crippen LogP contribution in [-0.2, 0) is 14.6 Å². The number of aromatic nitrogens is 4. The summed E-state index contributed by atoms with van der Waals surface area (Å²) in [4.78, 5) is 31.0. The zero-order valence-electron chi connectivity index (χ0n) is 22.6. The highest BCUT2D eigenvalue weighted by Gasteiger charge is 2.32. The number of anilines is 1. The number of rotatable bonds is 6. The molecule has 1 saturated heterocycles. The molecule has 5 rings (SSSR count). The third-order valence-electron chi connectivity index (χ3n) is 7.47. The van der Waals surface area contributed by atoms with Crippen LogP contribution in [0.15, 0.2) is 45.0 Å². The van der Waals surface area contributed by atoms with Gasteiger partial charge in [0.2, 0.25) is 20.8 Å². The summed E-state index contributed by atoms with van der Waals surface area (Å²) in [5.74, 6) is -0.322. The molecular weight excluding hydrogens is 537 g/mol.